The molecule has 2 rings (SSSR count). The molecule has 0 radical (unpaired) electrons. The molecule has 3 unspecified atom stereocenters. The fraction of sp³-hybridized carbons (Fsp3) is 0.684. The van der Waals surface area contributed by atoms with Gasteiger partial charge in [-0.2, -0.15) is 4.98 Å². The molecule has 0 aliphatic heterocycles. The molecule has 10 heteroatoms. The predicted molar refractivity (Wildman–Crippen MR) is 117 cm³/mol. The number of carbonyl (C=O) groups excluding carboxylic acids is 1. The van der Waals surface area contributed by atoms with Gasteiger partial charge in [0, 0.05) is 25.2 Å². The Morgan fingerprint density at radius 1 is 1.41 bits per heavy atom. The number of ether oxygens (including phenoxy) is 1. The van der Waals surface area contributed by atoms with Gasteiger partial charge in [0.05, 0.1) is 17.9 Å². The van der Waals surface area contributed by atoms with Crippen molar-refractivity contribution < 1.29 is 14.6 Å². The lowest BCUT2D eigenvalue weighted by atomic mass is 9.86. The number of nitrogens with zero attached hydrogens (tertiary/aromatic N) is 2. The maximum Gasteiger partial charge on any atom is 0.407 e. The monoisotopic (exact) mass is 424 g/mol. The summed E-state index contributed by atoms with van der Waals surface area (Å²) in [5.41, 5.74) is 7.00. The highest BCUT2D eigenvalue weighted by Gasteiger charge is 2.42. The van der Waals surface area contributed by atoms with E-state index in [0.717, 1.165) is 12.8 Å². The molecule has 0 saturated heterocycles. The number of amides is 1. The molecule has 1 heterocycles. The summed E-state index contributed by atoms with van der Waals surface area (Å²) >= 11 is 5.23. The van der Waals surface area contributed by atoms with Gasteiger partial charge in [-0.3, -0.25) is 0 Å². The Bertz CT molecular complexity index is 747. The molecular formula is C19H32N6O3S. The Hall–Kier alpha value is -2.20. The maximum atomic E-state index is 11.3. The first-order chi connectivity index (χ1) is 13.7. The standard InChI is InChI=1S/C19H32N6O3S/c1-5-28-18(27)22-9-8-21-17-23-12(3)14(15(20)29)16(24-17)25-19(4)7-6-13(10-26)11(19)2/h11,13,26H,5-10H2,1-4H3,(H2,20,29)(H,22,27)(H2,21,23,24,25). The maximum absolute atomic E-state index is 11.3. The number of rotatable bonds is 9. The highest BCUT2D eigenvalue weighted by atomic mass is 32.1. The van der Waals surface area contributed by atoms with Gasteiger partial charge < -0.3 is 31.5 Å². The van der Waals surface area contributed by atoms with Crippen molar-refractivity contribution in [3.05, 3.63) is 11.3 Å². The first-order valence-corrected chi connectivity index (χ1v) is 10.3. The van der Waals surface area contributed by atoms with E-state index < -0.39 is 6.09 Å². The molecule has 0 aromatic carbocycles. The zero-order valence-corrected chi connectivity index (χ0v) is 18.4. The Kier molecular flexibility index (Phi) is 7.97. The Labute approximate surface area is 177 Å². The third kappa shape index (κ3) is 5.66. The van der Waals surface area contributed by atoms with E-state index in [1.165, 1.54) is 0 Å². The van der Waals surface area contributed by atoms with Crippen molar-refractivity contribution >= 4 is 35.1 Å². The first kappa shape index (κ1) is 23.1. The van der Waals surface area contributed by atoms with Gasteiger partial charge in [-0.25, -0.2) is 9.78 Å². The van der Waals surface area contributed by atoms with E-state index >= 15 is 0 Å². The average molecular weight is 425 g/mol. The number of anilines is 2. The number of aromatic nitrogens is 2. The predicted octanol–water partition coefficient (Wildman–Crippen LogP) is 1.79. The second-order valence-electron chi connectivity index (χ2n) is 7.61. The smallest absolute Gasteiger partial charge is 0.407 e. The zero-order chi connectivity index (χ0) is 21.6. The van der Waals surface area contributed by atoms with Crippen LogP contribution in [0.25, 0.3) is 0 Å². The zero-order valence-electron chi connectivity index (χ0n) is 17.5. The molecule has 1 fully saturated rings. The van der Waals surface area contributed by atoms with E-state index in [1.54, 1.807) is 6.92 Å². The number of nitrogens with two attached hydrogens (primary N) is 1. The molecule has 1 aliphatic rings. The van der Waals surface area contributed by atoms with Gasteiger partial charge in [0.15, 0.2) is 0 Å². The van der Waals surface area contributed by atoms with Gasteiger partial charge in [-0.05, 0) is 45.4 Å². The minimum absolute atomic E-state index is 0.170. The molecular weight excluding hydrogens is 392 g/mol. The quantitative estimate of drug-likeness (QED) is 0.297. The van der Waals surface area contributed by atoms with Crippen molar-refractivity contribution in [1.82, 2.24) is 15.3 Å². The van der Waals surface area contributed by atoms with Crippen LogP contribution in [0.3, 0.4) is 0 Å². The SMILES string of the molecule is CCOC(=O)NCCNc1nc(C)c(C(N)=S)c(NC2(C)CCC(CO)C2C)n1. The molecule has 0 spiro atoms. The normalized spacial score (nSPS) is 23.5. The van der Waals surface area contributed by atoms with Crippen LogP contribution >= 0.6 is 12.2 Å². The van der Waals surface area contributed by atoms with Gasteiger partial charge in [-0.15, -0.1) is 0 Å². The number of aliphatic hydroxyl groups excluding tert-OH is 1. The second kappa shape index (κ2) is 10.0. The molecule has 162 valence electrons. The van der Waals surface area contributed by atoms with Crippen LogP contribution in [-0.2, 0) is 4.74 Å². The Morgan fingerprint density at radius 3 is 2.72 bits per heavy atom. The minimum atomic E-state index is -0.459. The summed E-state index contributed by atoms with van der Waals surface area (Å²) < 4.78 is 4.82. The van der Waals surface area contributed by atoms with Crippen molar-refractivity contribution in [2.24, 2.45) is 17.6 Å². The number of nitrogens with one attached hydrogen (secondary N) is 3. The second-order valence-corrected chi connectivity index (χ2v) is 8.05. The molecule has 1 aliphatic carbocycles. The van der Waals surface area contributed by atoms with Crippen molar-refractivity contribution in [2.75, 3.05) is 36.9 Å². The van der Waals surface area contributed by atoms with Crippen molar-refractivity contribution in [3.8, 4) is 0 Å². The van der Waals surface area contributed by atoms with E-state index in [1.807, 2.05) is 6.92 Å². The number of carbonyl (C=O) groups is 1. The summed E-state index contributed by atoms with van der Waals surface area (Å²) in [6, 6.07) is 0. The third-order valence-electron chi connectivity index (χ3n) is 5.67. The van der Waals surface area contributed by atoms with E-state index in [0.29, 0.717) is 42.7 Å². The lowest BCUT2D eigenvalue weighted by molar-refractivity contribution is 0.152. The minimum Gasteiger partial charge on any atom is -0.450 e. The third-order valence-corrected chi connectivity index (χ3v) is 5.88. The van der Waals surface area contributed by atoms with Crippen LogP contribution in [-0.4, -0.2) is 58.0 Å². The number of alkyl carbamates (subject to hydrolysis) is 1. The molecule has 6 N–H and O–H groups in total. The molecule has 3 atom stereocenters. The average Bonchev–Trinajstić information content (AvgIpc) is 2.92. The van der Waals surface area contributed by atoms with Crippen molar-refractivity contribution in [3.63, 3.8) is 0 Å². The number of hydrogen-bond acceptors (Lipinski definition) is 8. The number of aliphatic hydroxyl groups is 1. The Morgan fingerprint density at radius 2 is 2.14 bits per heavy atom. The summed E-state index contributed by atoms with van der Waals surface area (Å²) in [6.45, 7) is 9.15. The molecule has 1 aromatic rings. The molecule has 9 nitrogen and oxygen atoms in total. The van der Waals surface area contributed by atoms with Crippen LogP contribution in [0.1, 0.15) is 44.9 Å². The van der Waals surface area contributed by atoms with E-state index in [4.69, 9.17) is 22.7 Å². The van der Waals surface area contributed by atoms with Gasteiger partial charge >= 0.3 is 6.09 Å². The van der Waals surface area contributed by atoms with Crippen LogP contribution in [0.4, 0.5) is 16.6 Å². The lowest BCUT2D eigenvalue weighted by Crippen LogP contribution is -2.40. The fourth-order valence-corrected chi connectivity index (χ4v) is 3.98. The highest BCUT2D eigenvalue weighted by molar-refractivity contribution is 7.80. The largest absolute Gasteiger partial charge is 0.450 e. The number of thiocarbonyl (C=S) groups is 1. The van der Waals surface area contributed by atoms with Gasteiger partial charge in [0.1, 0.15) is 10.8 Å². The van der Waals surface area contributed by atoms with Crippen molar-refractivity contribution in [2.45, 2.75) is 46.1 Å². The summed E-state index contributed by atoms with van der Waals surface area (Å²) in [4.78, 5) is 20.6. The van der Waals surface area contributed by atoms with E-state index in [9.17, 15) is 9.90 Å². The topological polar surface area (TPSA) is 134 Å². The molecule has 29 heavy (non-hydrogen) atoms. The van der Waals surface area contributed by atoms with Gasteiger partial charge in [-0.1, -0.05) is 19.1 Å². The lowest BCUT2D eigenvalue weighted by Gasteiger charge is -2.34. The van der Waals surface area contributed by atoms with Crippen LogP contribution in [0.2, 0.25) is 0 Å². The molecule has 1 amide bonds. The summed E-state index contributed by atoms with van der Waals surface area (Å²) in [7, 11) is 0. The molecule has 1 aromatic heterocycles. The summed E-state index contributed by atoms with van der Waals surface area (Å²) in [5.74, 6) is 1.50. The number of aryl methyl sites for hydroxylation is 1. The fourth-order valence-electron chi connectivity index (χ4n) is 3.74. The van der Waals surface area contributed by atoms with E-state index in [2.05, 4.69) is 39.8 Å². The summed E-state index contributed by atoms with van der Waals surface area (Å²) in [6.07, 6.45) is 1.39. The van der Waals surface area contributed by atoms with Gasteiger partial charge in [0.25, 0.3) is 0 Å². The highest BCUT2D eigenvalue weighted by Crippen LogP contribution is 2.42. The first-order valence-electron chi connectivity index (χ1n) is 9.93. The number of hydrogen-bond donors (Lipinski definition) is 5. The van der Waals surface area contributed by atoms with Crippen molar-refractivity contribution in [1.29, 1.82) is 0 Å². The summed E-state index contributed by atoms with van der Waals surface area (Å²) in [5, 5.41) is 18.9. The Balaban J connectivity index is 2.15. The molecule has 1 saturated carbocycles. The molecule has 0 bridgehead atoms. The van der Waals surface area contributed by atoms with E-state index in [-0.39, 0.29) is 29.0 Å². The van der Waals surface area contributed by atoms with Gasteiger partial charge in [0.2, 0.25) is 5.95 Å². The van der Waals surface area contributed by atoms with Crippen LogP contribution in [0, 0.1) is 18.8 Å². The van der Waals surface area contributed by atoms with Crippen LogP contribution < -0.4 is 21.7 Å². The van der Waals surface area contributed by atoms with Crippen LogP contribution in [0.5, 0.6) is 0 Å². The van der Waals surface area contributed by atoms with Crippen LogP contribution in [0.15, 0.2) is 0 Å².